The molecule has 3 rings (SSSR count). The standard InChI is InChI=1S/C16H14FN5O3/c1-24-15-7-6-13(8-14(15)22-10-18-20-21-22)19-16(23)25-9-11-2-4-12(17)5-3-11/h2-8,10H,9H2,1H3,(H,19,23). The summed E-state index contributed by atoms with van der Waals surface area (Å²) in [4.78, 5) is 11.9. The first-order valence-corrected chi connectivity index (χ1v) is 7.25. The van der Waals surface area contributed by atoms with E-state index in [1.807, 2.05) is 0 Å². The molecule has 0 bridgehead atoms. The summed E-state index contributed by atoms with van der Waals surface area (Å²) in [6.45, 7) is 0.0299. The van der Waals surface area contributed by atoms with Gasteiger partial charge in [0.05, 0.1) is 7.11 Å². The fourth-order valence-corrected chi connectivity index (χ4v) is 2.10. The van der Waals surface area contributed by atoms with Crippen molar-refractivity contribution in [3.63, 3.8) is 0 Å². The van der Waals surface area contributed by atoms with E-state index in [1.54, 1.807) is 30.3 Å². The minimum Gasteiger partial charge on any atom is -0.494 e. The first-order chi connectivity index (χ1) is 12.2. The topological polar surface area (TPSA) is 91.2 Å². The molecule has 0 unspecified atom stereocenters. The van der Waals surface area contributed by atoms with Crippen molar-refractivity contribution in [2.75, 3.05) is 12.4 Å². The van der Waals surface area contributed by atoms with Gasteiger partial charge in [-0.25, -0.2) is 9.18 Å². The smallest absolute Gasteiger partial charge is 0.411 e. The molecule has 2 aromatic carbocycles. The van der Waals surface area contributed by atoms with Gasteiger partial charge in [-0.3, -0.25) is 5.32 Å². The second kappa shape index (κ2) is 7.39. The number of anilines is 1. The number of hydrogen-bond acceptors (Lipinski definition) is 6. The molecule has 128 valence electrons. The highest BCUT2D eigenvalue weighted by Gasteiger charge is 2.10. The van der Waals surface area contributed by atoms with E-state index in [1.165, 1.54) is 30.3 Å². The lowest BCUT2D eigenvalue weighted by molar-refractivity contribution is 0.155. The molecule has 1 aromatic heterocycles. The molecule has 0 radical (unpaired) electrons. The Morgan fingerprint density at radius 2 is 2.04 bits per heavy atom. The maximum absolute atomic E-state index is 12.8. The van der Waals surface area contributed by atoms with Crippen molar-refractivity contribution in [1.82, 2.24) is 20.2 Å². The first kappa shape index (κ1) is 16.4. The van der Waals surface area contributed by atoms with Gasteiger partial charge in [0.15, 0.2) is 0 Å². The second-order valence-corrected chi connectivity index (χ2v) is 4.97. The Morgan fingerprint density at radius 3 is 2.72 bits per heavy atom. The van der Waals surface area contributed by atoms with Crippen LogP contribution in [0.3, 0.4) is 0 Å². The number of amides is 1. The van der Waals surface area contributed by atoms with Crippen molar-refractivity contribution in [1.29, 1.82) is 0 Å². The molecule has 0 saturated carbocycles. The molecule has 8 nitrogen and oxygen atoms in total. The van der Waals surface area contributed by atoms with E-state index in [0.29, 0.717) is 22.7 Å². The Morgan fingerprint density at radius 1 is 1.24 bits per heavy atom. The van der Waals surface area contributed by atoms with Crippen LogP contribution in [0.4, 0.5) is 14.9 Å². The van der Waals surface area contributed by atoms with Crippen LogP contribution in [0.1, 0.15) is 5.56 Å². The number of nitrogens with zero attached hydrogens (tertiary/aromatic N) is 4. The summed E-state index contributed by atoms with van der Waals surface area (Å²) >= 11 is 0. The van der Waals surface area contributed by atoms with E-state index in [0.717, 1.165) is 0 Å². The van der Waals surface area contributed by atoms with Crippen LogP contribution in [0.15, 0.2) is 48.8 Å². The van der Waals surface area contributed by atoms with Crippen molar-refractivity contribution in [3.05, 3.63) is 60.2 Å². The number of carbonyl (C=O) groups excluding carboxylic acids is 1. The van der Waals surface area contributed by atoms with Crippen LogP contribution in [0.25, 0.3) is 5.69 Å². The van der Waals surface area contributed by atoms with Crippen LogP contribution in [-0.4, -0.2) is 33.4 Å². The molecule has 0 aliphatic rings. The zero-order valence-electron chi connectivity index (χ0n) is 13.2. The summed E-state index contributed by atoms with van der Waals surface area (Å²) in [6.07, 6.45) is 0.770. The lowest BCUT2D eigenvalue weighted by Gasteiger charge is -2.11. The molecule has 1 N–H and O–H groups in total. The fraction of sp³-hybridized carbons (Fsp3) is 0.125. The van der Waals surface area contributed by atoms with Gasteiger partial charge in [0.1, 0.15) is 30.2 Å². The van der Waals surface area contributed by atoms with E-state index in [4.69, 9.17) is 9.47 Å². The number of rotatable bonds is 5. The molecule has 25 heavy (non-hydrogen) atoms. The molecule has 0 fully saturated rings. The monoisotopic (exact) mass is 343 g/mol. The summed E-state index contributed by atoms with van der Waals surface area (Å²) in [6, 6.07) is 10.7. The Kier molecular flexibility index (Phi) is 4.84. The second-order valence-electron chi connectivity index (χ2n) is 4.97. The van der Waals surface area contributed by atoms with Crippen molar-refractivity contribution < 1.29 is 18.7 Å². The van der Waals surface area contributed by atoms with Crippen LogP contribution in [0.5, 0.6) is 5.75 Å². The zero-order valence-corrected chi connectivity index (χ0v) is 13.2. The van der Waals surface area contributed by atoms with E-state index >= 15 is 0 Å². The normalized spacial score (nSPS) is 10.3. The van der Waals surface area contributed by atoms with Crippen LogP contribution in [0.2, 0.25) is 0 Å². The lowest BCUT2D eigenvalue weighted by Crippen LogP contribution is -2.14. The zero-order chi connectivity index (χ0) is 17.6. The number of tetrazole rings is 1. The molecule has 1 heterocycles. The third-order valence-corrected chi connectivity index (χ3v) is 3.30. The maximum atomic E-state index is 12.8. The van der Waals surface area contributed by atoms with E-state index in [2.05, 4.69) is 20.8 Å². The Hall–Kier alpha value is -3.49. The van der Waals surface area contributed by atoms with Gasteiger partial charge < -0.3 is 9.47 Å². The summed E-state index contributed by atoms with van der Waals surface area (Å²) in [5, 5.41) is 13.5. The molecule has 0 aliphatic heterocycles. The molecule has 0 saturated heterocycles. The first-order valence-electron chi connectivity index (χ1n) is 7.25. The predicted octanol–water partition coefficient (Wildman–Crippen LogP) is 2.56. The maximum Gasteiger partial charge on any atom is 0.411 e. The van der Waals surface area contributed by atoms with Gasteiger partial charge in [-0.2, -0.15) is 4.68 Å². The van der Waals surface area contributed by atoms with Crippen molar-refractivity contribution >= 4 is 11.8 Å². The summed E-state index contributed by atoms with van der Waals surface area (Å²) in [5.41, 5.74) is 1.72. The quantitative estimate of drug-likeness (QED) is 0.765. The highest BCUT2D eigenvalue weighted by atomic mass is 19.1. The molecule has 0 aliphatic carbocycles. The predicted molar refractivity (Wildman–Crippen MR) is 85.9 cm³/mol. The number of carbonyl (C=O) groups is 1. The summed E-state index contributed by atoms with van der Waals surface area (Å²) in [5.74, 6) is 0.194. The fourth-order valence-electron chi connectivity index (χ4n) is 2.10. The third kappa shape index (κ3) is 4.08. The van der Waals surface area contributed by atoms with Gasteiger partial charge in [-0.1, -0.05) is 12.1 Å². The number of hydrogen-bond donors (Lipinski definition) is 1. The van der Waals surface area contributed by atoms with Gasteiger partial charge in [0, 0.05) is 5.69 Å². The Bertz CT molecular complexity index is 853. The number of benzene rings is 2. The highest BCUT2D eigenvalue weighted by molar-refractivity contribution is 5.85. The molecule has 0 spiro atoms. The largest absolute Gasteiger partial charge is 0.494 e. The van der Waals surface area contributed by atoms with Crippen LogP contribution >= 0.6 is 0 Å². The van der Waals surface area contributed by atoms with Gasteiger partial charge >= 0.3 is 6.09 Å². The van der Waals surface area contributed by atoms with E-state index in [9.17, 15) is 9.18 Å². The minimum atomic E-state index is -0.642. The van der Waals surface area contributed by atoms with Crippen LogP contribution in [0, 0.1) is 5.82 Å². The van der Waals surface area contributed by atoms with E-state index in [-0.39, 0.29) is 12.4 Å². The average Bonchev–Trinajstić information content (AvgIpc) is 3.16. The van der Waals surface area contributed by atoms with Crippen LogP contribution in [-0.2, 0) is 11.3 Å². The SMILES string of the molecule is COc1ccc(NC(=O)OCc2ccc(F)cc2)cc1-n1cnnn1. The summed E-state index contributed by atoms with van der Waals surface area (Å²) < 4.78 is 24.6. The molecular formula is C16H14FN5O3. The highest BCUT2D eigenvalue weighted by Crippen LogP contribution is 2.25. The molecule has 0 atom stereocenters. The molecule has 1 amide bonds. The van der Waals surface area contributed by atoms with Crippen molar-refractivity contribution in [3.8, 4) is 11.4 Å². The van der Waals surface area contributed by atoms with Gasteiger partial charge in [0.25, 0.3) is 0 Å². The van der Waals surface area contributed by atoms with Crippen LogP contribution < -0.4 is 10.1 Å². The molecular weight excluding hydrogens is 329 g/mol. The Labute approximate surface area is 142 Å². The van der Waals surface area contributed by atoms with Crippen molar-refractivity contribution in [2.45, 2.75) is 6.61 Å². The third-order valence-electron chi connectivity index (χ3n) is 3.30. The number of nitrogens with one attached hydrogen (secondary N) is 1. The average molecular weight is 343 g/mol. The van der Waals surface area contributed by atoms with Gasteiger partial charge in [-0.15, -0.1) is 5.10 Å². The Balaban J connectivity index is 1.67. The minimum absolute atomic E-state index is 0.0299. The van der Waals surface area contributed by atoms with Gasteiger partial charge in [-0.05, 0) is 46.3 Å². The molecule has 3 aromatic rings. The summed E-state index contributed by atoms with van der Waals surface area (Å²) in [7, 11) is 1.52. The van der Waals surface area contributed by atoms with Crippen molar-refractivity contribution in [2.24, 2.45) is 0 Å². The number of ether oxygens (including phenoxy) is 2. The van der Waals surface area contributed by atoms with E-state index < -0.39 is 6.09 Å². The number of aromatic nitrogens is 4. The molecule has 9 heteroatoms. The number of methoxy groups -OCH3 is 1. The van der Waals surface area contributed by atoms with Gasteiger partial charge in [0.2, 0.25) is 0 Å². The number of halogens is 1. The lowest BCUT2D eigenvalue weighted by atomic mass is 10.2.